The second-order valence-electron chi connectivity index (χ2n) is 5.04. The van der Waals surface area contributed by atoms with Crippen molar-refractivity contribution in [3.63, 3.8) is 0 Å². The summed E-state index contributed by atoms with van der Waals surface area (Å²) < 4.78 is 0. The van der Waals surface area contributed by atoms with Gasteiger partial charge in [-0.1, -0.05) is 13.8 Å². The zero-order valence-corrected chi connectivity index (χ0v) is 13.8. The van der Waals surface area contributed by atoms with E-state index in [4.69, 9.17) is 0 Å². The van der Waals surface area contributed by atoms with Gasteiger partial charge in [0.1, 0.15) is 17.5 Å². The first kappa shape index (κ1) is 15.6. The van der Waals surface area contributed by atoms with Gasteiger partial charge < -0.3 is 10.6 Å². The summed E-state index contributed by atoms with van der Waals surface area (Å²) in [7, 11) is 0. The predicted octanol–water partition coefficient (Wildman–Crippen LogP) is 4.50. The van der Waals surface area contributed by atoms with Gasteiger partial charge in [0.05, 0.1) is 0 Å². The molecule has 0 saturated carbocycles. The number of nitrogens with one attached hydrogen (secondary N) is 2. The van der Waals surface area contributed by atoms with Crippen LogP contribution < -0.4 is 10.6 Å². The van der Waals surface area contributed by atoms with E-state index in [-0.39, 0.29) is 0 Å². The maximum absolute atomic E-state index is 4.59. The van der Waals surface area contributed by atoms with Crippen LogP contribution in [-0.2, 0) is 0 Å². The molecular formula is C16H22N4S. The Kier molecular flexibility index (Phi) is 5.44. The van der Waals surface area contributed by atoms with Crippen molar-refractivity contribution in [1.29, 1.82) is 0 Å². The van der Waals surface area contributed by atoms with Crippen LogP contribution in [0.3, 0.4) is 0 Å². The number of hydrogen-bond acceptors (Lipinski definition) is 5. The Bertz CT molecular complexity index is 581. The number of nitrogens with zero attached hydrogens (tertiary/aromatic N) is 2. The smallest absolute Gasteiger partial charge is 0.136 e. The van der Waals surface area contributed by atoms with Crippen LogP contribution in [0.15, 0.2) is 35.2 Å². The van der Waals surface area contributed by atoms with Crippen LogP contribution in [0.25, 0.3) is 0 Å². The van der Waals surface area contributed by atoms with Crippen LogP contribution in [-0.4, -0.2) is 22.8 Å². The summed E-state index contributed by atoms with van der Waals surface area (Å²) >= 11 is 1.74. The number of thioether (sulfide) groups is 1. The Morgan fingerprint density at radius 1 is 1.10 bits per heavy atom. The molecule has 1 aromatic heterocycles. The van der Waals surface area contributed by atoms with E-state index in [9.17, 15) is 0 Å². The minimum Gasteiger partial charge on any atom is -0.370 e. The Morgan fingerprint density at radius 2 is 1.76 bits per heavy atom. The van der Waals surface area contributed by atoms with E-state index in [1.807, 2.05) is 6.07 Å². The van der Waals surface area contributed by atoms with E-state index in [1.165, 1.54) is 4.90 Å². The highest BCUT2D eigenvalue weighted by Gasteiger charge is 2.08. The molecule has 21 heavy (non-hydrogen) atoms. The van der Waals surface area contributed by atoms with Gasteiger partial charge in [0, 0.05) is 29.1 Å². The third-order valence-corrected chi connectivity index (χ3v) is 3.72. The molecule has 0 radical (unpaired) electrons. The molecule has 0 aliphatic rings. The van der Waals surface area contributed by atoms with Crippen molar-refractivity contribution in [2.24, 2.45) is 0 Å². The number of hydrogen-bond donors (Lipinski definition) is 2. The third-order valence-electron chi connectivity index (χ3n) is 2.98. The minimum atomic E-state index is 0.294. The van der Waals surface area contributed by atoms with E-state index in [0.29, 0.717) is 5.92 Å². The fourth-order valence-corrected chi connectivity index (χ4v) is 2.29. The lowest BCUT2D eigenvalue weighted by atomic mass is 10.2. The van der Waals surface area contributed by atoms with Crippen molar-refractivity contribution >= 4 is 29.1 Å². The molecule has 0 saturated heterocycles. The van der Waals surface area contributed by atoms with Crippen molar-refractivity contribution in [1.82, 2.24) is 9.97 Å². The zero-order chi connectivity index (χ0) is 15.2. The van der Waals surface area contributed by atoms with E-state index >= 15 is 0 Å². The lowest BCUT2D eigenvalue weighted by Gasteiger charge is -2.12. The first-order valence-corrected chi connectivity index (χ1v) is 8.38. The second-order valence-corrected chi connectivity index (χ2v) is 5.91. The Morgan fingerprint density at radius 3 is 2.33 bits per heavy atom. The van der Waals surface area contributed by atoms with Crippen LogP contribution in [0, 0.1) is 0 Å². The van der Waals surface area contributed by atoms with Gasteiger partial charge in [0.25, 0.3) is 0 Å². The highest BCUT2D eigenvalue weighted by Crippen LogP contribution is 2.22. The Labute approximate surface area is 130 Å². The van der Waals surface area contributed by atoms with Crippen molar-refractivity contribution in [3.05, 3.63) is 36.2 Å². The van der Waals surface area contributed by atoms with Gasteiger partial charge in [-0.05, 0) is 37.4 Å². The SMILES string of the molecule is CCNc1cc(Nc2ccc(SC)cc2)nc(C(C)C)n1. The predicted molar refractivity (Wildman–Crippen MR) is 91.8 cm³/mol. The van der Waals surface area contributed by atoms with Crippen molar-refractivity contribution in [2.75, 3.05) is 23.4 Å². The number of rotatable bonds is 6. The molecule has 2 aromatic rings. The van der Waals surface area contributed by atoms with Gasteiger partial charge in [-0.2, -0.15) is 0 Å². The summed E-state index contributed by atoms with van der Waals surface area (Å²) in [4.78, 5) is 10.4. The van der Waals surface area contributed by atoms with E-state index < -0.39 is 0 Å². The normalized spacial score (nSPS) is 10.7. The van der Waals surface area contributed by atoms with E-state index in [0.717, 1.165) is 29.7 Å². The topological polar surface area (TPSA) is 49.8 Å². The first-order chi connectivity index (χ1) is 10.1. The maximum atomic E-state index is 4.59. The third kappa shape index (κ3) is 4.36. The fraction of sp³-hybridized carbons (Fsp3) is 0.375. The van der Waals surface area contributed by atoms with Crippen LogP contribution in [0.4, 0.5) is 17.3 Å². The summed E-state index contributed by atoms with van der Waals surface area (Å²) in [5, 5.41) is 6.60. The summed E-state index contributed by atoms with van der Waals surface area (Å²) in [6.45, 7) is 7.10. The molecule has 4 nitrogen and oxygen atoms in total. The molecule has 2 N–H and O–H groups in total. The molecule has 0 spiro atoms. The monoisotopic (exact) mass is 302 g/mol. The molecule has 0 aliphatic carbocycles. The average molecular weight is 302 g/mol. The van der Waals surface area contributed by atoms with Crippen LogP contribution in [0.1, 0.15) is 32.5 Å². The first-order valence-electron chi connectivity index (χ1n) is 7.16. The minimum absolute atomic E-state index is 0.294. The van der Waals surface area contributed by atoms with Crippen LogP contribution >= 0.6 is 11.8 Å². The standard InChI is InChI=1S/C16H22N4S/c1-5-17-14-10-15(20-16(19-14)11(2)3)18-12-6-8-13(21-4)9-7-12/h6-11H,5H2,1-4H3,(H2,17,18,19,20). The second kappa shape index (κ2) is 7.31. The van der Waals surface area contributed by atoms with Gasteiger partial charge >= 0.3 is 0 Å². The lowest BCUT2D eigenvalue weighted by molar-refractivity contribution is 0.777. The molecule has 0 bridgehead atoms. The van der Waals surface area contributed by atoms with Gasteiger partial charge in [0.15, 0.2) is 0 Å². The van der Waals surface area contributed by atoms with Crippen molar-refractivity contribution in [3.8, 4) is 0 Å². The zero-order valence-electron chi connectivity index (χ0n) is 13.0. The van der Waals surface area contributed by atoms with Gasteiger partial charge in [-0.15, -0.1) is 11.8 Å². The van der Waals surface area contributed by atoms with E-state index in [2.05, 4.69) is 71.9 Å². The Hall–Kier alpha value is -1.75. The average Bonchev–Trinajstić information content (AvgIpc) is 2.48. The maximum Gasteiger partial charge on any atom is 0.136 e. The molecular weight excluding hydrogens is 280 g/mol. The summed E-state index contributed by atoms with van der Waals surface area (Å²) in [6, 6.07) is 10.3. The quantitative estimate of drug-likeness (QED) is 0.770. The molecule has 0 unspecified atom stereocenters. The molecule has 0 fully saturated rings. The van der Waals surface area contributed by atoms with Crippen LogP contribution in [0.5, 0.6) is 0 Å². The molecule has 0 atom stereocenters. The van der Waals surface area contributed by atoms with Gasteiger partial charge in [-0.25, -0.2) is 9.97 Å². The Balaban J connectivity index is 2.24. The molecule has 1 aromatic carbocycles. The van der Waals surface area contributed by atoms with Gasteiger partial charge in [-0.3, -0.25) is 0 Å². The largest absolute Gasteiger partial charge is 0.370 e. The summed E-state index contributed by atoms with van der Waals surface area (Å²) in [5.41, 5.74) is 1.03. The highest BCUT2D eigenvalue weighted by atomic mass is 32.2. The number of benzene rings is 1. The molecule has 0 amide bonds. The molecule has 2 rings (SSSR count). The number of anilines is 3. The summed E-state index contributed by atoms with van der Waals surface area (Å²) in [6.07, 6.45) is 2.07. The van der Waals surface area contributed by atoms with Crippen molar-refractivity contribution < 1.29 is 0 Å². The fourth-order valence-electron chi connectivity index (χ4n) is 1.88. The molecule has 0 aliphatic heterocycles. The van der Waals surface area contributed by atoms with Gasteiger partial charge in [0.2, 0.25) is 0 Å². The summed E-state index contributed by atoms with van der Waals surface area (Å²) in [5.74, 6) is 2.82. The molecule has 1 heterocycles. The lowest BCUT2D eigenvalue weighted by Crippen LogP contribution is -2.07. The molecule has 112 valence electrons. The van der Waals surface area contributed by atoms with Crippen molar-refractivity contribution in [2.45, 2.75) is 31.6 Å². The number of aromatic nitrogens is 2. The molecule has 5 heteroatoms. The van der Waals surface area contributed by atoms with E-state index in [1.54, 1.807) is 11.8 Å². The van der Waals surface area contributed by atoms with Crippen LogP contribution in [0.2, 0.25) is 0 Å². The highest BCUT2D eigenvalue weighted by molar-refractivity contribution is 7.98.